The molecule has 1 N–H and O–H groups in total. The molecular formula is C12H15N3O4S2. The molecular weight excluding hydrogens is 314 g/mol. The second kappa shape index (κ2) is 6.37. The normalized spacial score (nSPS) is 11.5. The van der Waals surface area contributed by atoms with Crippen LogP contribution in [0.15, 0.2) is 28.7 Å². The van der Waals surface area contributed by atoms with Gasteiger partial charge in [-0.1, -0.05) is 0 Å². The molecule has 114 valence electrons. The molecule has 7 nitrogen and oxygen atoms in total. The van der Waals surface area contributed by atoms with Gasteiger partial charge >= 0.3 is 5.97 Å². The van der Waals surface area contributed by atoms with Gasteiger partial charge in [0.25, 0.3) is 0 Å². The maximum Gasteiger partial charge on any atom is 0.349 e. The maximum absolute atomic E-state index is 12.3. The van der Waals surface area contributed by atoms with Crippen molar-refractivity contribution in [3.05, 3.63) is 34.3 Å². The summed E-state index contributed by atoms with van der Waals surface area (Å²) in [6.45, 7) is 2.23. The first-order valence-electron chi connectivity index (χ1n) is 6.09. The zero-order valence-corrected chi connectivity index (χ0v) is 13.2. The standard InChI is InChI=1S/C12H15N3O4S2/c1-9-8-20-10(12(16)19-2)11(9)21(17,18)14-5-7-15-6-3-4-13-15/h3-4,6,8,14H,5,7H2,1-2H3. The van der Waals surface area contributed by atoms with Crippen molar-refractivity contribution in [2.24, 2.45) is 0 Å². The number of methoxy groups -OCH3 is 1. The van der Waals surface area contributed by atoms with Crippen LogP contribution >= 0.6 is 11.3 Å². The van der Waals surface area contributed by atoms with Gasteiger partial charge in [-0.25, -0.2) is 17.9 Å². The van der Waals surface area contributed by atoms with E-state index in [1.54, 1.807) is 35.4 Å². The number of ether oxygens (including phenoxy) is 1. The average Bonchev–Trinajstić information content (AvgIpc) is 3.07. The molecule has 2 aromatic heterocycles. The highest BCUT2D eigenvalue weighted by molar-refractivity contribution is 7.89. The number of aryl methyl sites for hydroxylation is 1. The largest absolute Gasteiger partial charge is 0.465 e. The summed E-state index contributed by atoms with van der Waals surface area (Å²) in [6, 6.07) is 1.76. The minimum absolute atomic E-state index is 0.0141. The van der Waals surface area contributed by atoms with E-state index in [9.17, 15) is 13.2 Å². The second-order valence-corrected chi connectivity index (χ2v) is 6.82. The number of nitrogens with zero attached hydrogens (tertiary/aromatic N) is 2. The monoisotopic (exact) mass is 329 g/mol. The van der Waals surface area contributed by atoms with Gasteiger partial charge in [-0.05, 0) is 23.9 Å². The highest BCUT2D eigenvalue weighted by Crippen LogP contribution is 2.27. The number of sulfonamides is 1. The van der Waals surface area contributed by atoms with Gasteiger partial charge in [-0.15, -0.1) is 11.3 Å². The van der Waals surface area contributed by atoms with Crippen molar-refractivity contribution in [1.82, 2.24) is 14.5 Å². The SMILES string of the molecule is COC(=O)c1scc(C)c1S(=O)(=O)NCCn1cccn1. The van der Waals surface area contributed by atoms with Crippen LogP contribution in [-0.2, 0) is 21.3 Å². The van der Waals surface area contributed by atoms with Crippen LogP contribution in [0.3, 0.4) is 0 Å². The molecule has 0 fully saturated rings. The molecule has 9 heteroatoms. The fraction of sp³-hybridized carbons (Fsp3) is 0.333. The van der Waals surface area contributed by atoms with Crippen LogP contribution in [0.1, 0.15) is 15.2 Å². The van der Waals surface area contributed by atoms with E-state index in [1.165, 1.54) is 7.11 Å². The van der Waals surface area contributed by atoms with Crippen molar-refractivity contribution in [2.45, 2.75) is 18.4 Å². The Balaban J connectivity index is 2.15. The fourth-order valence-electron chi connectivity index (χ4n) is 1.80. The summed E-state index contributed by atoms with van der Waals surface area (Å²) in [5, 5.41) is 5.60. The smallest absolute Gasteiger partial charge is 0.349 e. The molecule has 0 aromatic carbocycles. The third kappa shape index (κ3) is 3.49. The Bertz CT molecular complexity index is 720. The summed E-state index contributed by atoms with van der Waals surface area (Å²) < 4.78 is 33.4. The number of aromatic nitrogens is 2. The van der Waals surface area contributed by atoms with Gasteiger partial charge in [-0.2, -0.15) is 5.10 Å². The Morgan fingerprint density at radius 2 is 2.29 bits per heavy atom. The Kier molecular flexibility index (Phi) is 4.76. The highest BCUT2D eigenvalue weighted by Gasteiger charge is 2.27. The molecule has 0 saturated carbocycles. The van der Waals surface area contributed by atoms with Crippen molar-refractivity contribution < 1.29 is 17.9 Å². The van der Waals surface area contributed by atoms with Gasteiger partial charge in [0.2, 0.25) is 10.0 Å². The van der Waals surface area contributed by atoms with Crippen LogP contribution in [-0.4, -0.2) is 37.8 Å². The summed E-state index contributed by atoms with van der Waals surface area (Å²) in [4.78, 5) is 11.7. The van der Waals surface area contributed by atoms with Crippen LogP contribution in [0, 0.1) is 6.92 Å². The van der Waals surface area contributed by atoms with E-state index in [2.05, 4.69) is 14.6 Å². The predicted octanol–water partition coefficient (Wildman–Crippen LogP) is 1.02. The van der Waals surface area contributed by atoms with Crippen LogP contribution in [0.25, 0.3) is 0 Å². The number of esters is 1. The molecule has 0 amide bonds. The molecule has 0 saturated heterocycles. The van der Waals surface area contributed by atoms with E-state index >= 15 is 0 Å². The lowest BCUT2D eigenvalue weighted by molar-refractivity contribution is 0.0602. The van der Waals surface area contributed by atoms with Crippen LogP contribution in [0.2, 0.25) is 0 Å². The molecule has 2 heterocycles. The van der Waals surface area contributed by atoms with Crippen molar-refractivity contribution in [3.63, 3.8) is 0 Å². The van der Waals surface area contributed by atoms with Crippen LogP contribution in [0.4, 0.5) is 0 Å². The second-order valence-electron chi connectivity index (χ2n) is 4.24. The molecule has 0 aliphatic carbocycles. The highest BCUT2D eigenvalue weighted by atomic mass is 32.2. The lowest BCUT2D eigenvalue weighted by atomic mass is 10.3. The Hall–Kier alpha value is -1.71. The van der Waals surface area contributed by atoms with Crippen LogP contribution in [0.5, 0.6) is 0 Å². The van der Waals surface area contributed by atoms with E-state index < -0.39 is 16.0 Å². The first-order chi connectivity index (χ1) is 9.95. The van der Waals surface area contributed by atoms with Crippen molar-refractivity contribution >= 4 is 27.3 Å². The van der Waals surface area contributed by atoms with Gasteiger partial charge in [0, 0.05) is 18.9 Å². The Morgan fingerprint density at radius 3 is 2.90 bits per heavy atom. The number of thiophene rings is 1. The third-order valence-electron chi connectivity index (χ3n) is 2.75. The molecule has 21 heavy (non-hydrogen) atoms. The van der Waals surface area contributed by atoms with E-state index in [0.29, 0.717) is 12.1 Å². The predicted molar refractivity (Wildman–Crippen MR) is 77.8 cm³/mol. The number of carbonyl (C=O) groups is 1. The molecule has 0 aliphatic rings. The Labute approximate surface area is 126 Å². The topological polar surface area (TPSA) is 90.3 Å². The fourth-order valence-corrected chi connectivity index (χ4v) is 4.52. The van der Waals surface area contributed by atoms with Gasteiger partial charge in [0.1, 0.15) is 9.77 Å². The molecule has 0 atom stereocenters. The van der Waals surface area contributed by atoms with Gasteiger partial charge in [0.15, 0.2) is 0 Å². The zero-order valence-electron chi connectivity index (χ0n) is 11.6. The average molecular weight is 329 g/mol. The number of rotatable bonds is 6. The summed E-state index contributed by atoms with van der Waals surface area (Å²) >= 11 is 1.06. The maximum atomic E-state index is 12.3. The summed E-state index contributed by atoms with van der Waals surface area (Å²) in [5.41, 5.74) is 0.520. The molecule has 2 rings (SSSR count). The van der Waals surface area contributed by atoms with E-state index in [4.69, 9.17) is 0 Å². The van der Waals surface area contributed by atoms with E-state index in [-0.39, 0.29) is 16.3 Å². The molecule has 2 aromatic rings. The molecule has 0 unspecified atom stereocenters. The quantitative estimate of drug-likeness (QED) is 0.799. The van der Waals surface area contributed by atoms with Gasteiger partial charge in [0.05, 0.1) is 13.7 Å². The zero-order chi connectivity index (χ0) is 15.5. The first-order valence-corrected chi connectivity index (χ1v) is 8.45. The first kappa shape index (κ1) is 15.7. The molecule has 0 spiro atoms. The third-order valence-corrected chi connectivity index (χ3v) is 5.60. The molecule has 0 radical (unpaired) electrons. The van der Waals surface area contributed by atoms with Gasteiger partial charge < -0.3 is 4.74 Å². The Morgan fingerprint density at radius 1 is 1.52 bits per heavy atom. The van der Waals surface area contributed by atoms with E-state index in [1.807, 2.05) is 0 Å². The lowest BCUT2D eigenvalue weighted by Gasteiger charge is -2.08. The van der Waals surface area contributed by atoms with Crippen molar-refractivity contribution in [1.29, 1.82) is 0 Å². The van der Waals surface area contributed by atoms with E-state index in [0.717, 1.165) is 11.3 Å². The minimum atomic E-state index is -3.77. The minimum Gasteiger partial charge on any atom is -0.465 e. The summed E-state index contributed by atoms with van der Waals surface area (Å²) in [5.74, 6) is -0.652. The summed E-state index contributed by atoms with van der Waals surface area (Å²) in [6.07, 6.45) is 3.36. The number of hydrogen-bond acceptors (Lipinski definition) is 6. The van der Waals surface area contributed by atoms with Crippen molar-refractivity contribution in [3.8, 4) is 0 Å². The van der Waals surface area contributed by atoms with Gasteiger partial charge in [-0.3, -0.25) is 4.68 Å². The lowest BCUT2D eigenvalue weighted by Crippen LogP contribution is -2.29. The summed E-state index contributed by atoms with van der Waals surface area (Å²) in [7, 11) is -2.55. The van der Waals surface area contributed by atoms with Crippen molar-refractivity contribution in [2.75, 3.05) is 13.7 Å². The molecule has 0 aliphatic heterocycles. The number of carbonyl (C=O) groups excluding carboxylic acids is 1. The number of nitrogens with one attached hydrogen (secondary N) is 1. The number of hydrogen-bond donors (Lipinski definition) is 1. The molecule has 0 bridgehead atoms. The van der Waals surface area contributed by atoms with Crippen LogP contribution < -0.4 is 4.72 Å².